The first-order valence-corrected chi connectivity index (χ1v) is 15.5. The Hall–Kier alpha value is -2.66. The molecule has 0 aliphatic carbocycles. The number of aliphatic hydroxyl groups excluding tert-OH is 1. The van der Waals surface area contributed by atoms with Gasteiger partial charge in [-0.15, -0.1) is 0 Å². The number of benzene rings is 1. The molecule has 1 spiro atoms. The molecule has 13 nitrogen and oxygen atoms in total. The quantitative estimate of drug-likeness (QED) is 0.259. The number of sulfonamides is 2. The van der Waals surface area contributed by atoms with Gasteiger partial charge in [0.25, 0.3) is 0 Å². The summed E-state index contributed by atoms with van der Waals surface area (Å²) >= 11 is 0. The predicted octanol–water partition coefficient (Wildman–Crippen LogP) is 0.208. The van der Waals surface area contributed by atoms with Crippen molar-refractivity contribution in [3.8, 4) is 5.75 Å². The van der Waals surface area contributed by atoms with Gasteiger partial charge in [0.1, 0.15) is 28.9 Å². The van der Waals surface area contributed by atoms with Crippen LogP contribution >= 0.6 is 0 Å². The molecule has 15 heteroatoms. The van der Waals surface area contributed by atoms with E-state index >= 15 is 0 Å². The summed E-state index contributed by atoms with van der Waals surface area (Å²) in [6.45, 7) is 1.40. The normalized spacial score (nSPS) is 20.9. The highest BCUT2D eigenvalue weighted by molar-refractivity contribution is 7.89. The van der Waals surface area contributed by atoms with E-state index in [1.165, 1.54) is 29.7 Å². The SMILES string of the molecule is CNS(=O)(=O)c1cccc(OC[C@@H](O)CNC2COC3(CCN(S(=O)(=O)c4cnc5cn[nH]c5c4)CC3)C2)c1. The minimum absolute atomic E-state index is 0.0129. The summed E-state index contributed by atoms with van der Waals surface area (Å²) in [5, 5.41) is 20.3. The lowest BCUT2D eigenvalue weighted by Gasteiger charge is -2.38. The first-order valence-electron chi connectivity index (χ1n) is 12.6. The van der Waals surface area contributed by atoms with Crippen LogP contribution in [0.15, 0.2) is 52.5 Å². The van der Waals surface area contributed by atoms with Crippen LogP contribution in [0.4, 0.5) is 0 Å². The highest BCUT2D eigenvalue weighted by Crippen LogP contribution is 2.37. The molecule has 39 heavy (non-hydrogen) atoms. The second-order valence-electron chi connectivity index (χ2n) is 9.83. The Labute approximate surface area is 227 Å². The number of piperidine rings is 1. The van der Waals surface area contributed by atoms with Gasteiger partial charge in [-0.25, -0.2) is 21.6 Å². The molecule has 2 fully saturated rings. The Morgan fingerprint density at radius 3 is 2.77 bits per heavy atom. The minimum atomic E-state index is -3.69. The molecule has 0 bridgehead atoms. The molecule has 0 saturated carbocycles. The van der Waals surface area contributed by atoms with Crippen LogP contribution < -0.4 is 14.8 Å². The smallest absolute Gasteiger partial charge is 0.244 e. The molecule has 2 aliphatic rings. The van der Waals surface area contributed by atoms with Crippen LogP contribution in [0.3, 0.4) is 0 Å². The third-order valence-corrected chi connectivity index (χ3v) is 10.5. The van der Waals surface area contributed by atoms with Crippen molar-refractivity contribution in [2.45, 2.75) is 46.8 Å². The fourth-order valence-corrected chi connectivity index (χ4v) is 7.14. The number of rotatable bonds is 10. The summed E-state index contributed by atoms with van der Waals surface area (Å²) in [7, 11) is -5.94. The van der Waals surface area contributed by atoms with Crippen LogP contribution in [0.5, 0.6) is 5.75 Å². The van der Waals surface area contributed by atoms with Crippen molar-refractivity contribution < 1.29 is 31.4 Å². The van der Waals surface area contributed by atoms with E-state index in [4.69, 9.17) is 9.47 Å². The lowest BCUT2D eigenvalue weighted by atomic mass is 9.88. The maximum atomic E-state index is 13.2. The zero-order chi connectivity index (χ0) is 27.7. The number of ether oxygens (including phenoxy) is 2. The number of hydrogen-bond donors (Lipinski definition) is 4. The maximum Gasteiger partial charge on any atom is 0.244 e. The van der Waals surface area contributed by atoms with Crippen molar-refractivity contribution in [3.05, 3.63) is 42.7 Å². The average Bonchev–Trinajstić information content (AvgIpc) is 3.58. The predicted molar refractivity (Wildman–Crippen MR) is 141 cm³/mol. The van der Waals surface area contributed by atoms with Crippen molar-refractivity contribution >= 4 is 31.1 Å². The Kier molecular flexibility index (Phi) is 7.92. The summed E-state index contributed by atoms with van der Waals surface area (Å²) in [5.41, 5.74) is 0.770. The standard InChI is InChI=1S/C24H32N6O7S2/c1-25-38(32,33)20-4-2-3-19(9-20)36-16-18(31)12-26-17-11-24(37-15-17)5-7-30(8-6-24)39(34,35)21-10-22-23(27-13-21)14-28-29-22/h2-4,9-10,13-14,17-18,25-26,31H,5-8,11-12,15-16H2,1H3,(H,28,29)/t17?,18-/m0/s1. The number of aromatic nitrogens is 3. The molecule has 3 aromatic rings. The molecule has 2 aromatic heterocycles. The summed E-state index contributed by atoms with van der Waals surface area (Å²) in [6.07, 6.45) is 3.94. The van der Waals surface area contributed by atoms with Gasteiger partial charge in [-0.05, 0) is 44.5 Å². The first-order chi connectivity index (χ1) is 18.6. The molecule has 4 heterocycles. The number of aliphatic hydroxyl groups is 1. The zero-order valence-corrected chi connectivity index (χ0v) is 23.0. The maximum absolute atomic E-state index is 13.2. The number of H-pyrrole nitrogens is 1. The molecule has 2 atom stereocenters. The van der Waals surface area contributed by atoms with Gasteiger partial charge in [0, 0.05) is 37.9 Å². The van der Waals surface area contributed by atoms with Crippen LogP contribution in [0, 0.1) is 0 Å². The van der Waals surface area contributed by atoms with Crippen LogP contribution in [0.25, 0.3) is 11.0 Å². The van der Waals surface area contributed by atoms with E-state index in [1.807, 2.05) is 0 Å². The zero-order valence-electron chi connectivity index (χ0n) is 21.4. The van der Waals surface area contributed by atoms with Gasteiger partial charge in [-0.2, -0.15) is 9.40 Å². The van der Waals surface area contributed by atoms with E-state index in [2.05, 4.69) is 25.2 Å². The topological polar surface area (TPSA) is 176 Å². The van der Waals surface area contributed by atoms with Gasteiger partial charge < -0.3 is 19.9 Å². The Bertz CT molecular complexity index is 1520. The third kappa shape index (κ3) is 6.09. The fraction of sp³-hybridized carbons (Fsp3) is 0.500. The van der Waals surface area contributed by atoms with E-state index in [9.17, 15) is 21.9 Å². The van der Waals surface area contributed by atoms with Gasteiger partial charge in [-0.3, -0.25) is 10.1 Å². The van der Waals surface area contributed by atoms with E-state index in [0.29, 0.717) is 55.7 Å². The summed E-state index contributed by atoms with van der Waals surface area (Å²) in [5.74, 6) is 0.343. The van der Waals surface area contributed by atoms with Crippen molar-refractivity contribution in [2.75, 3.05) is 39.9 Å². The largest absolute Gasteiger partial charge is 0.491 e. The summed E-state index contributed by atoms with van der Waals surface area (Å²) in [6, 6.07) is 7.63. The molecule has 0 radical (unpaired) electrons. The Morgan fingerprint density at radius 2 is 2.00 bits per heavy atom. The molecule has 2 saturated heterocycles. The van der Waals surface area contributed by atoms with Gasteiger partial charge in [0.05, 0.1) is 28.8 Å². The monoisotopic (exact) mass is 580 g/mol. The van der Waals surface area contributed by atoms with Gasteiger partial charge >= 0.3 is 0 Å². The number of nitrogens with zero attached hydrogens (tertiary/aromatic N) is 3. The molecule has 1 aromatic carbocycles. The lowest BCUT2D eigenvalue weighted by molar-refractivity contribution is -0.0312. The second-order valence-corrected chi connectivity index (χ2v) is 13.7. The number of aromatic amines is 1. The van der Waals surface area contributed by atoms with E-state index in [0.717, 1.165) is 0 Å². The second kappa shape index (κ2) is 11.1. The lowest BCUT2D eigenvalue weighted by Crippen LogP contribution is -2.47. The minimum Gasteiger partial charge on any atom is -0.491 e. The Balaban J connectivity index is 1.08. The van der Waals surface area contributed by atoms with E-state index in [1.54, 1.807) is 24.4 Å². The molecule has 1 unspecified atom stereocenters. The highest BCUT2D eigenvalue weighted by Gasteiger charge is 2.44. The summed E-state index contributed by atoms with van der Waals surface area (Å²) < 4.78 is 65.7. The van der Waals surface area contributed by atoms with Crippen LogP contribution in [0.1, 0.15) is 19.3 Å². The summed E-state index contributed by atoms with van der Waals surface area (Å²) in [4.78, 5) is 4.39. The van der Waals surface area contributed by atoms with Crippen LogP contribution in [-0.2, 0) is 24.8 Å². The fourth-order valence-electron chi connectivity index (χ4n) is 4.96. The van der Waals surface area contributed by atoms with Crippen molar-refractivity contribution in [3.63, 3.8) is 0 Å². The highest BCUT2D eigenvalue weighted by atomic mass is 32.2. The number of fused-ring (bicyclic) bond motifs is 1. The molecule has 0 amide bonds. The van der Waals surface area contributed by atoms with E-state index in [-0.39, 0.29) is 29.0 Å². The van der Waals surface area contributed by atoms with E-state index < -0.39 is 31.8 Å². The van der Waals surface area contributed by atoms with Crippen molar-refractivity contribution in [1.29, 1.82) is 0 Å². The average molecular weight is 581 g/mol. The molecular formula is C24H32N6O7S2. The van der Waals surface area contributed by atoms with Crippen LogP contribution in [-0.4, -0.2) is 99.1 Å². The van der Waals surface area contributed by atoms with Crippen molar-refractivity contribution in [2.24, 2.45) is 0 Å². The van der Waals surface area contributed by atoms with Gasteiger partial charge in [-0.1, -0.05) is 6.07 Å². The molecule has 212 valence electrons. The number of nitrogens with one attached hydrogen (secondary N) is 3. The Morgan fingerprint density at radius 1 is 1.21 bits per heavy atom. The van der Waals surface area contributed by atoms with Gasteiger partial charge in [0.15, 0.2) is 0 Å². The number of pyridine rings is 1. The third-order valence-electron chi connectivity index (χ3n) is 7.21. The molecular weight excluding hydrogens is 548 g/mol. The molecule has 2 aliphatic heterocycles. The van der Waals surface area contributed by atoms with Gasteiger partial charge in [0.2, 0.25) is 20.0 Å². The van der Waals surface area contributed by atoms with Crippen molar-refractivity contribution in [1.82, 2.24) is 29.5 Å². The van der Waals surface area contributed by atoms with Crippen LogP contribution in [0.2, 0.25) is 0 Å². The number of hydrogen-bond acceptors (Lipinski definition) is 10. The first kappa shape index (κ1) is 27.9. The molecule has 5 rings (SSSR count). The molecule has 4 N–H and O–H groups in total.